The minimum absolute atomic E-state index is 0.0991. The molecule has 94 valence electrons. The molecular weight excluding hydrogens is 216 g/mol. The number of unbranched alkanes of at least 4 members (excludes halogenated alkanes) is 1. The largest absolute Gasteiger partial charge is 0.398 e. The van der Waals surface area contributed by atoms with Crippen molar-refractivity contribution in [1.82, 2.24) is 5.32 Å². The van der Waals surface area contributed by atoms with E-state index in [1.165, 1.54) is 0 Å². The molecule has 0 aromatic heterocycles. The van der Waals surface area contributed by atoms with E-state index in [1.54, 1.807) is 13.2 Å². The number of anilines is 1. The summed E-state index contributed by atoms with van der Waals surface area (Å²) >= 11 is 0. The SMILES string of the molecule is COCCCCNC(=O)c1c(C)cccc1N. The second kappa shape index (κ2) is 6.91. The molecule has 0 aliphatic heterocycles. The molecule has 0 atom stereocenters. The quantitative estimate of drug-likeness (QED) is 0.584. The summed E-state index contributed by atoms with van der Waals surface area (Å²) in [6, 6.07) is 5.48. The van der Waals surface area contributed by atoms with E-state index in [-0.39, 0.29) is 5.91 Å². The lowest BCUT2D eigenvalue weighted by Crippen LogP contribution is -2.26. The molecule has 0 unspecified atom stereocenters. The van der Waals surface area contributed by atoms with Crippen molar-refractivity contribution in [2.45, 2.75) is 19.8 Å². The number of amides is 1. The number of nitrogens with two attached hydrogens (primary N) is 1. The summed E-state index contributed by atoms with van der Waals surface area (Å²) in [4.78, 5) is 11.9. The lowest BCUT2D eigenvalue weighted by Gasteiger charge is -2.09. The molecule has 4 heteroatoms. The number of benzene rings is 1. The summed E-state index contributed by atoms with van der Waals surface area (Å²) in [7, 11) is 1.67. The monoisotopic (exact) mass is 236 g/mol. The summed E-state index contributed by atoms with van der Waals surface area (Å²) < 4.78 is 4.94. The van der Waals surface area contributed by atoms with E-state index in [4.69, 9.17) is 10.5 Å². The van der Waals surface area contributed by atoms with Crippen LogP contribution in [0.25, 0.3) is 0 Å². The Morgan fingerprint density at radius 2 is 2.18 bits per heavy atom. The van der Waals surface area contributed by atoms with Crippen molar-refractivity contribution in [2.75, 3.05) is 26.0 Å². The van der Waals surface area contributed by atoms with Crippen LogP contribution in [0.15, 0.2) is 18.2 Å². The molecule has 0 saturated carbocycles. The first-order valence-corrected chi connectivity index (χ1v) is 5.79. The van der Waals surface area contributed by atoms with E-state index in [2.05, 4.69) is 5.32 Å². The fraction of sp³-hybridized carbons (Fsp3) is 0.462. The molecule has 4 nitrogen and oxygen atoms in total. The third-order valence-corrected chi connectivity index (χ3v) is 2.59. The standard InChI is InChI=1S/C13H20N2O2/c1-10-6-5-7-11(14)12(10)13(16)15-8-3-4-9-17-2/h5-7H,3-4,8-9,14H2,1-2H3,(H,15,16). The van der Waals surface area contributed by atoms with Crippen LogP contribution in [0.3, 0.4) is 0 Å². The van der Waals surface area contributed by atoms with E-state index in [9.17, 15) is 4.79 Å². The molecule has 0 spiro atoms. The lowest BCUT2D eigenvalue weighted by molar-refractivity contribution is 0.0951. The van der Waals surface area contributed by atoms with Gasteiger partial charge in [0.15, 0.2) is 0 Å². The fourth-order valence-corrected chi connectivity index (χ4v) is 1.66. The van der Waals surface area contributed by atoms with Crippen molar-refractivity contribution < 1.29 is 9.53 Å². The molecule has 0 heterocycles. The predicted octanol–water partition coefficient (Wildman–Crippen LogP) is 1.73. The van der Waals surface area contributed by atoms with Crippen molar-refractivity contribution in [1.29, 1.82) is 0 Å². The first kappa shape index (κ1) is 13.5. The van der Waals surface area contributed by atoms with Gasteiger partial charge in [-0.2, -0.15) is 0 Å². The van der Waals surface area contributed by atoms with Crippen LogP contribution in [0.4, 0.5) is 5.69 Å². The molecule has 0 saturated heterocycles. The van der Waals surface area contributed by atoms with Crippen LogP contribution in [-0.4, -0.2) is 26.2 Å². The Kier molecular flexibility index (Phi) is 5.49. The summed E-state index contributed by atoms with van der Waals surface area (Å²) in [6.45, 7) is 3.26. The van der Waals surface area contributed by atoms with Gasteiger partial charge >= 0.3 is 0 Å². The van der Waals surface area contributed by atoms with Crippen LogP contribution in [-0.2, 0) is 4.74 Å². The maximum absolute atomic E-state index is 11.9. The van der Waals surface area contributed by atoms with Gasteiger partial charge in [0.25, 0.3) is 5.91 Å². The average molecular weight is 236 g/mol. The maximum atomic E-state index is 11.9. The molecule has 0 radical (unpaired) electrons. The number of methoxy groups -OCH3 is 1. The zero-order valence-electron chi connectivity index (χ0n) is 10.5. The van der Waals surface area contributed by atoms with Gasteiger partial charge in [-0.3, -0.25) is 4.79 Å². The number of ether oxygens (including phenoxy) is 1. The molecular formula is C13H20N2O2. The number of hydrogen-bond donors (Lipinski definition) is 2. The van der Waals surface area contributed by atoms with Gasteiger partial charge in [-0.15, -0.1) is 0 Å². The molecule has 0 aliphatic rings. The Hall–Kier alpha value is -1.55. The van der Waals surface area contributed by atoms with Crippen molar-refractivity contribution in [3.8, 4) is 0 Å². The van der Waals surface area contributed by atoms with Crippen LogP contribution in [0.1, 0.15) is 28.8 Å². The van der Waals surface area contributed by atoms with Gasteiger partial charge < -0.3 is 15.8 Å². The minimum Gasteiger partial charge on any atom is -0.398 e. The molecule has 17 heavy (non-hydrogen) atoms. The Morgan fingerprint density at radius 1 is 1.41 bits per heavy atom. The van der Waals surface area contributed by atoms with E-state index >= 15 is 0 Å². The van der Waals surface area contributed by atoms with Gasteiger partial charge in [-0.05, 0) is 31.4 Å². The zero-order chi connectivity index (χ0) is 12.7. The van der Waals surface area contributed by atoms with Crippen LogP contribution in [0.5, 0.6) is 0 Å². The third-order valence-electron chi connectivity index (χ3n) is 2.59. The van der Waals surface area contributed by atoms with E-state index < -0.39 is 0 Å². The normalized spacial score (nSPS) is 10.2. The molecule has 0 bridgehead atoms. The summed E-state index contributed by atoms with van der Waals surface area (Å²) in [5.74, 6) is -0.0991. The Labute approximate surface area is 102 Å². The summed E-state index contributed by atoms with van der Waals surface area (Å²) in [5, 5.41) is 2.87. The Bertz CT molecular complexity index is 357. The molecule has 1 aromatic carbocycles. The second-order valence-electron chi connectivity index (χ2n) is 3.99. The highest BCUT2D eigenvalue weighted by Crippen LogP contribution is 2.15. The Morgan fingerprint density at radius 3 is 2.82 bits per heavy atom. The number of hydrogen-bond acceptors (Lipinski definition) is 3. The van der Waals surface area contributed by atoms with Crippen LogP contribution >= 0.6 is 0 Å². The minimum atomic E-state index is -0.0991. The predicted molar refractivity (Wildman–Crippen MR) is 69.0 cm³/mol. The average Bonchev–Trinajstić information content (AvgIpc) is 2.28. The van der Waals surface area contributed by atoms with E-state index in [0.29, 0.717) is 17.8 Å². The molecule has 3 N–H and O–H groups in total. The van der Waals surface area contributed by atoms with Gasteiger partial charge in [0.05, 0.1) is 5.56 Å². The van der Waals surface area contributed by atoms with Crippen molar-refractivity contribution >= 4 is 11.6 Å². The Balaban J connectivity index is 2.47. The molecule has 0 aliphatic carbocycles. The number of rotatable bonds is 6. The van der Waals surface area contributed by atoms with Gasteiger partial charge in [0, 0.05) is 25.9 Å². The number of aryl methyl sites for hydroxylation is 1. The zero-order valence-corrected chi connectivity index (χ0v) is 10.5. The van der Waals surface area contributed by atoms with E-state index in [1.807, 2.05) is 19.1 Å². The molecule has 1 amide bonds. The summed E-state index contributed by atoms with van der Waals surface area (Å²) in [5.41, 5.74) is 7.81. The number of nitrogens with one attached hydrogen (secondary N) is 1. The van der Waals surface area contributed by atoms with Crippen LogP contribution in [0.2, 0.25) is 0 Å². The van der Waals surface area contributed by atoms with Crippen molar-refractivity contribution in [2.24, 2.45) is 0 Å². The highest BCUT2D eigenvalue weighted by Gasteiger charge is 2.11. The first-order chi connectivity index (χ1) is 8.16. The van der Waals surface area contributed by atoms with Gasteiger partial charge in [0.2, 0.25) is 0 Å². The summed E-state index contributed by atoms with van der Waals surface area (Å²) in [6.07, 6.45) is 1.85. The highest BCUT2D eigenvalue weighted by molar-refractivity contribution is 6.00. The van der Waals surface area contributed by atoms with Crippen molar-refractivity contribution in [3.05, 3.63) is 29.3 Å². The highest BCUT2D eigenvalue weighted by atomic mass is 16.5. The smallest absolute Gasteiger partial charge is 0.253 e. The fourth-order valence-electron chi connectivity index (χ4n) is 1.66. The molecule has 1 rings (SSSR count). The van der Waals surface area contributed by atoms with E-state index in [0.717, 1.165) is 25.0 Å². The first-order valence-electron chi connectivity index (χ1n) is 5.79. The van der Waals surface area contributed by atoms with Gasteiger partial charge in [-0.1, -0.05) is 12.1 Å². The van der Waals surface area contributed by atoms with Crippen molar-refractivity contribution in [3.63, 3.8) is 0 Å². The van der Waals surface area contributed by atoms with Gasteiger partial charge in [-0.25, -0.2) is 0 Å². The number of carbonyl (C=O) groups excluding carboxylic acids is 1. The third kappa shape index (κ3) is 4.07. The number of carbonyl (C=O) groups is 1. The van der Waals surface area contributed by atoms with Crippen LogP contribution < -0.4 is 11.1 Å². The molecule has 1 aromatic rings. The van der Waals surface area contributed by atoms with Gasteiger partial charge in [0.1, 0.15) is 0 Å². The number of nitrogen functional groups attached to an aromatic ring is 1. The second-order valence-corrected chi connectivity index (χ2v) is 3.99. The van der Waals surface area contributed by atoms with Crippen LogP contribution in [0, 0.1) is 6.92 Å². The lowest BCUT2D eigenvalue weighted by atomic mass is 10.1. The molecule has 0 fully saturated rings. The topological polar surface area (TPSA) is 64.3 Å². The maximum Gasteiger partial charge on any atom is 0.253 e.